The van der Waals surface area contributed by atoms with Crippen molar-refractivity contribution in [2.75, 3.05) is 12.4 Å². The van der Waals surface area contributed by atoms with Crippen LogP contribution in [0.5, 0.6) is 5.75 Å². The molecule has 1 aliphatic rings. The lowest BCUT2D eigenvalue weighted by molar-refractivity contribution is -0.120. The quantitative estimate of drug-likeness (QED) is 0.696. The Bertz CT molecular complexity index is 1050. The van der Waals surface area contributed by atoms with E-state index in [2.05, 4.69) is 5.32 Å². The third-order valence-electron chi connectivity index (χ3n) is 5.35. The lowest BCUT2D eigenvalue weighted by Crippen LogP contribution is -2.24. The Morgan fingerprint density at radius 2 is 1.79 bits per heavy atom. The lowest BCUT2D eigenvalue weighted by atomic mass is 9.88. The first-order chi connectivity index (χ1) is 13.6. The lowest BCUT2D eigenvalue weighted by Gasteiger charge is -2.20. The number of methoxy groups -OCH3 is 1. The standard InChI is InChI=1S/C23H23NO4/c1-27-18-11-12-21-19(13-18)20(25)14-22(28-21)15-7-9-17(10-8-15)24-23(26)16-5-3-2-4-6-16/h7-14,16H,2-6H2,1H3,(H,24,26). The number of fused-ring (bicyclic) bond motifs is 1. The van der Waals surface area contributed by atoms with Gasteiger partial charge in [0.1, 0.15) is 17.1 Å². The summed E-state index contributed by atoms with van der Waals surface area (Å²) < 4.78 is 11.1. The molecular formula is C23H23NO4. The minimum Gasteiger partial charge on any atom is -0.497 e. The first-order valence-corrected chi connectivity index (χ1v) is 9.67. The van der Waals surface area contributed by atoms with E-state index in [0.29, 0.717) is 22.5 Å². The van der Waals surface area contributed by atoms with Crippen LogP contribution in [0.25, 0.3) is 22.3 Å². The summed E-state index contributed by atoms with van der Waals surface area (Å²) in [5, 5.41) is 3.48. The molecule has 0 radical (unpaired) electrons. The number of amides is 1. The van der Waals surface area contributed by atoms with Gasteiger partial charge >= 0.3 is 0 Å². The monoisotopic (exact) mass is 377 g/mol. The molecule has 4 rings (SSSR count). The minimum absolute atomic E-state index is 0.0960. The molecule has 0 aliphatic heterocycles. The Morgan fingerprint density at radius 3 is 2.50 bits per heavy atom. The molecule has 1 heterocycles. The van der Waals surface area contributed by atoms with Crippen LogP contribution in [0.3, 0.4) is 0 Å². The van der Waals surface area contributed by atoms with E-state index in [-0.39, 0.29) is 17.3 Å². The Labute approximate surface area is 163 Å². The number of ether oxygens (including phenoxy) is 1. The van der Waals surface area contributed by atoms with Crippen molar-refractivity contribution >= 4 is 22.6 Å². The number of rotatable bonds is 4. The summed E-state index contributed by atoms with van der Waals surface area (Å²) in [6, 6.07) is 14.0. The topological polar surface area (TPSA) is 68.5 Å². The zero-order valence-electron chi connectivity index (χ0n) is 15.9. The fourth-order valence-electron chi connectivity index (χ4n) is 3.73. The van der Waals surface area contributed by atoms with Gasteiger partial charge in [0.05, 0.1) is 12.5 Å². The number of hydrogen-bond donors (Lipinski definition) is 1. The average Bonchev–Trinajstić information content (AvgIpc) is 2.74. The van der Waals surface area contributed by atoms with Crippen molar-refractivity contribution in [2.45, 2.75) is 32.1 Å². The number of carbonyl (C=O) groups excluding carboxylic acids is 1. The van der Waals surface area contributed by atoms with E-state index in [0.717, 1.165) is 36.9 Å². The Morgan fingerprint density at radius 1 is 1.04 bits per heavy atom. The van der Waals surface area contributed by atoms with Crippen molar-refractivity contribution in [1.29, 1.82) is 0 Å². The van der Waals surface area contributed by atoms with Gasteiger partial charge in [-0.15, -0.1) is 0 Å². The molecule has 144 valence electrons. The highest BCUT2D eigenvalue weighted by molar-refractivity contribution is 5.92. The van der Waals surface area contributed by atoms with Crippen LogP contribution >= 0.6 is 0 Å². The largest absolute Gasteiger partial charge is 0.497 e. The zero-order chi connectivity index (χ0) is 19.5. The van der Waals surface area contributed by atoms with Gasteiger partial charge in [-0.3, -0.25) is 9.59 Å². The van der Waals surface area contributed by atoms with Crippen LogP contribution in [0.4, 0.5) is 5.69 Å². The first-order valence-electron chi connectivity index (χ1n) is 9.67. The molecule has 1 aliphatic carbocycles. The summed E-state index contributed by atoms with van der Waals surface area (Å²) in [7, 11) is 1.56. The highest BCUT2D eigenvalue weighted by atomic mass is 16.5. The second-order valence-corrected chi connectivity index (χ2v) is 7.24. The molecule has 3 aromatic rings. The van der Waals surface area contributed by atoms with Gasteiger partial charge in [0.2, 0.25) is 5.91 Å². The molecule has 1 amide bonds. The minimum atomic E-state index is -0.121. The maximum absolute atomic E-state index is 12.5. The molecule has 1 N–H and O–H groups in total. The average molecular weight is 377 g/mol. The SMILES string of the molecule is COc1ccc2oc(-c3ccc(NC(=O)C4CCCCC4)cc3)cc(=O)c2c1. The normalized spacial score (nSPS) is 14.8. The van der Waals surface area contributed by atoms with Crippen LogP contribution in [0.1, 0.15) is 32.1 Å². The van der Waals surface area contributed by atoms with Crippen molar-refractivity contribution in [3.63, 3.8) is 0 Å². The molecule has 1 aromatic heterocycles. The molecule has 1 fully saturated rings. The maximum atomic E-state index is 12.5. The molecule has 0 unspecified atom stereocenters. The van der Waals surface area contributed by atoms with Gasteiger partial charge in [-0.25, -0.2) is 0 Å². The molecule has 0 atom stereocenters. The van der Waals surface area contributed by atoms with Crippen LogP contribution in [0, 0.1) is 5.92 Å². The Hall–Kier alpha value is -3.08. The third kappa shape index (κ3) is 3.79. The molecule has 0 saturated heterocycles. The molecule has 28 heavy (non-hydrogen) atoms. The maximum Gasteiger partial charge on any atom is 0.227 e. The van der Waals surface area contributed by atoms with E-state index in [9.17, 15) is 9.59 Å². The van der Waals surface area contributed by atoms with Gasteiger partial charge in [0.25, 0.3) is 0 Å². The third-order valence-corrected chi connectivity index (χ3v) is 5.35. The molecular weight excluding hydrogens is 354 g/mol. The summed E-state index contributed by atoms with van der Waals surface area (Å²) in [5.41, 5.74) is 1.93. The molecule has 0 bridgehead atoms. The van der Waals surface area contributed by atoms with E-state index in [1.54, 1.807) is 25.3 Å². The van der Waals surface area contributed by atoms with Gasteiger partial charge in [0.15, 0.2) is 5.43 Å². The van der Waals surface area contributed by atoms with E-state index in [1.165, 1.54) is 12.5 Å². The summed E-state index contributed by atoms with van der Waals surface area (Å²) >= 11 is 0. The highest BCUT2D eigenvalue weighted by Crippen LogP contribution is 2.27. The van der Waals surface area contributed by atoms with E-state index >= 15 is 0 Å². The predicted octanol–water partition coefficient (Wildman–Crippen LogP) is 4.99. The zero-order valence-corrected chi connectivity index (χ0v) is 15.9. The van der Waals surface area contributed by atoms with Crippen molar-refractivity contribution < 1.29 is 13.9 Å². The first kappa shape index (κ1) is 18.3. The number of nitrogens with one attached hydrogen (secondary N) is 1. The Balaban J connectivity index is 1.55. The summed E-state index contributed by atoms with van der Waals surface area (Å²) in [6.07, 6.45) is 5.42. The van der Waals surface area contributed by atoms with Crippen LogP contribution in [-0.4, -0.2) is 13.0 Å². The van der Waals surface area contributed by atoms with Gasteiger partial charge in [-0.2, -0.15) is 0 Å². The summed E-state index contributed by atoms with van der Waals surface area (Å²) in [4.78, 5) is 24.8. The van der Waals surface area contributed by atoms with E-state index in [4.69, 9.17) is 9.15 Å². The van der Waals surface area contributed by atoms with E-state index < -0.39 is 0 Å². The second-order valence-electron chi connectivity index (χ2n) is 7.24. The molecule has 2 aromatic carbocycles. The summed E-state index contributed by atoms with van der Waals surface area (Å²) in [5.74, 6) is 1.32. The molecule has 5 heteroatoms. The number of hydrogen-bond acceptors (Lipinski definition) is 4. The van der Waals surface area contributed by atoms with Crippen LogP contribution in [0.2, 0.25) is 0 Å². The van der Waals surface area contributed by atoms with Gasteiger partial charge in [-0.05, 0) is 55.3 Å². The number of carbonyl (C=O) groups is 1. The summed E-state index contributed by atoms with van der Waals surface area (Å²) in [6.45, 7) is 0. The molecule has 5 nitrogen and oxygen atoms in total. The van der Waals surface area contributed by atoms with Gasteiger partial charge in [-0.1, -0.05) is 19.3 Å². The molecule has 0 spiro atoms. The predicted molar refractivity (Wildman–Crippen MR) is 110 cm³/mol. The van der Waals surface area contributed by atoms with Gasteiger partial charge < -0.3 is 14.5 Å². The van der Waals surface area contributed by atoms with Crippen molar-refractivity contribution in [3.05, 3.63) is 58.8 Å². The smallest absolute Gasteiger partial charge is 0.227 e. The van der Waals surface area contributed by atoms with Crippen molar-refractivity contribution in [3.8, 4) is 17.1 Å². The van der Waals surface area contributed by atoms with Gasteiger partial charge in [0, 0.05) is 23.2 Å². The second kappa shape index (κ2) is 7.89. The Kier molecular flexibility index (Phi) is 5.15. The van der Waals surface area contributed by atoms with Crippen LogP contribution in [-0.2, 0) is 4.79 Å². The van der Waals surface area contributed by atoms with Crippen LogP contribution in [0.15, 0.2) is 57.7 Å². The molecule has 1 saturated carbocycles. The van der Waals surface area contributed by atoms with Crippen LogP contribution < -0.4 is 15.5 Å². The highest BCUT2D eigenvalue weighted by Gasteiger charge is 2.21. The number of benzene rings is 2. The fourth-order valence-corrected chi connectivity index (χ4v) is 3.73. The van der Waals surface area contributed by atoms with Crippen molar-refractivity contribution in [1.82, 2.24) is 0 Å². The fraction of sp³-hybridized carbons (Fsp3) is 0.304. The van der Waals surface area contributed by atoms with Crippen molar-refractivity contribution in [2.24, 2.45) is 5.92 Å². The van der Waals surface area contributed by atoms with E-state index in [1.807, 2.05) is 24.3 Å². The number of anilines is 1.